The van der Waals surface area contributed by atoms with Crippen LogP contribution < -0.4 is 15.5 Å². The zero-order valence-electron chi connectivity index (χ0n) is 20.5. The maximum Gasteiger partial charge on any atom is 0.333 e. The van der Waals surface area contributed by atoms with Crippen molar-refractivity contribution in [2.24, 2.45) is 0 Å². The van der Waals surface area contributed by atoms with Crippen LogP contribution in [0.2, 0.25) is 0 Å². The Hall–Kier alpha value is -4.21. The molecular formula is C28H28FN7O. The number of hydrogen-bond donors (Lipinski definition) is 2. The van der Waals surface area contributed by atoms with Crippen LogP contribution in [-0.2, 0) is 0 Å². The molecule has 5 rings (SSSR count). The Bertz CT molecular complexity index is 1340. The highest BCUT2D eigenvalue weighted by Crippen LogP contribution is 2.29. The van der Waals surface area contributed by atoms with E-state index in [1.54, 1.807) is 53.8 Å². The summed E-state index contributed by atoms with van der Waals surface area (Å²) in [5, 5.41) is 6.15. The Kier molecular flexibility index (Phi) is 7.43. The van der Waals surface area contributed by atoms with E-state index in [0.29, 0.717) is 35.7 Å². The smallest absolute Gasteiger partial charge is 0.314 e. The number of amides is 2. The van der Waals surface area contributed by atoms with Gasteiger partial charge < -0.3 is 10.6 Å². The van der Waals surface area contributed by atoms with Crippen LogP contribution in [0.15, 0.2) is 85.3 Å². The van der Waals surface area contributed by atoms with E-state index in [2.05, 4.69) is 25.6 Å². The molecule has 2 aromatic carbocycles. The molecule has 188 valence electrons. The molecule has 0 saturated carbocycles. The number of halogens is 1. The van der Waals surface area contributed by atoms with Gasteiger partial charge in [0, 0.05) is 61.6 Å². The van der Waals surface area contributed by atoms with Crippen LogP contribution in [-0.4, -0.2) is 52.1 Å². The van der Waals surface area contributed by atoms with E-state index in [-0.39, 0.29) is 5.95 Å². The molecule has 1 aliphatic heterocycles. The van der Waals surface area contributed by atoms with Crippen LogP contribution in [0.4, 0.5) is 26.5 Å². The fourth-order valence-electron chi connectivity index (χ4n) is 4.28. The van der Waals surface area contributed by atoms with Gasteiger partial charge in [0.15, 0.2) is 6.30 Å². The highest BCUT2D eigenvalue weighted by Gasteiger charge is 2.24. The molecule has 1 aliphatic rings. The normalized spacial score (nSPS) is 14.6. The fraction of sp³-hybridized carbons (Fsp3) is 0.214. The maximum atomic E-state index is 15.0. The number of anilines is 3. The van der Waals surface area contributed by atoms with E-state index in [1.165, 1.54) is 4.90 Å². The van der Waals surface area contributed by atoms with Gasteiger partial charge in [-0.2, -0.15) is 0 Å². The number of pyridine rings is 1. The Labute approximate surface area is 215 Å². The Morgan fingerprint density at radius 3 is 2.54 bits per heavy atom. The van der Waals surface area contributed by atoms with Gasteiger partial charge in [0.1, 0.15) is 0 Å². The molecule has 8 nitrogen and oxygen atoms in total. The van der Waals surface area contributed by atoms with Crippen molar-refractivity contribution in [2.45, 2.75) is 13.2 Å². The third-order valence-electron chi connectivity index (χ3n) is 6.27. The van der Waals surface area contributed by atoms with Crippen molar-refractivity contribution >= 4 is 23.4 Å². The lowest BCUT2D eigenvalue weighted by Crippen LogP contribution is -2.44. The van der Waals surface area contributed by atoms with Crippen LogP contribution in [0.25, 0.3) is 11.3 Å². The van der Waals surface area contributed by atoms with Gasteiger partial charge in [0.25, 0.3) is 0 Å². The lowest BCUT2D eigenvalue weighted by Gasteiger charge is -2.30. The van der Waals surface area contributed by atoms with Crippen molar-refractivity contribution in [3.8, 4) is 11.3 Å². The van der Waals surface area contributed by atoms with Crippen LogP contribution in [0.5, 0.6) is 0 Å². The van der Waals surface area contributed by atoms with Gasteiger partial charge >= 0.3 is 6.03 Å². The summed E-state index contributed by atoms with van der Waals surface area (Å²) in [4.78, 5) is 30.1. The molecule has 1 fully saturated rings. The second-order valence-electron chi connectivity index (χ2n) is 8.78. The molecule has 0 spiro atoms. The first-order valence-corrected chi connectivity index (χ1v) is 12.2. The number of carbonyl (C=O) groups excluding carboxylic acids is 1. The van der Waals surface area contributed by atoms with Gasteiger partial charge in [-0.15, -0.1) is 0 Å². The largest absolute Gasteiger partial charge is 0.333 e. The second-order valence-corrected chi connectivity index (χ2v) is 8.78. The maximum absolute atomic E-state index is 15.0. The third kappa shape index (κ3) is 5.63. The number of piperazine rings is 1. The lowest BCUT2D eigenvalue weighted by molar-refractivity contribution is 0.0699. The van der Waals surface area contributed by atoms with E-state index in [1.807, 2.05) is 43.3 Å². The van der Waals surface area contributed by atoms with Gasteiger partial charge in [-0.05, 0) is 48.9 Å². The molecule has 1 unspecified atom stereocenters. The van der Waals surface area contributed by atoms with E-state index < -0.39 is 12.3 Å². The van der Waals surface area contributed by atoms with E-state index >= 15 is 0 Å². The Balaban J connectivity index is 1.41. The number of alkyl halides is 1. The molecule has 1 atom stereocenters. The molecule has 2 N–H and O–H groups in total. The number of aryl methyl sites for hydroxylation is 1. The number of aromatic nitrogens is 3. The standard InChI is InChI=1S/C28H28FN7O/c1-20-5-2-3-7-25(20)36(27-32-14-12-24(34-27)22-6-4-13-31-19-22)28(37)33-23-10-8-21(9-11-23)26(29)35-17-15-30-16-18-35/h2-14,19,26,30H,15-18H2,1H3,(H,33,37). The number of rotatable bonds is 6. The highest BCUT2D eigenvalue weighted by atomic mass is 19.1. The number of nitrogens with zero attached hydrogens (tertiary/aromatic N) is 5. The van der Waals surface area contributed by atoms with Gasteiger partial charge in [-0.3, -0.25) is 9.88 Å². The zero-order valence-corrected chi connectivity index (χ0v) is 20.5. The van der Waals surface area contributed by atoms with E-state index in [4.69, 9.17) is 0 Å². The average molecular weight is 498 g/mol. The first-order chi connectivity index (χ1) is 18.1. The number of hydrogen-bond acceptors (Lipinski definition) is 6. The summed E-state index contributed by atoms with van der Waals surface area (Å²) >= 11 is 0. The summed E-state index contributed by atoms with van der Waals surface area (Å²) in [6.45, 7) is 4.78. The molecule has 0 aliphatic carbocycles. The zero-order chi connectivity index (χ0) is 25.6. The lowest BCUT2D eigenvalue weighted by atomic mass is 10.1. The van der Waals surface area contributed by atoms with Gasteiger partial charge in [0.05, 0.1) is 11.4 Å². The molecule has 3 heterocycles. The van der Waals surface area contributed by atoms with Crippen molar-refractivity contribution in [3.05, 3.63) is 96.4 Å². The first kappa shape index (κ1) is 24.5. The van der Waals surface area contributed by atoms with Crippen LogP contribution in [0.3, 0.4) is 0 Å². The molecular weight excluding hydrogens is 469 g/mol. The summed E-state index contributed by atoms with van der Waals surface area (Å²) in [5.74, 6) is 0.229. The molecule has 9 heteroatoms. The Morgan fingerprint density at radius 2 is 1.81 bits per heavy atom. The molecule has 37 heavy (non-hydrogen) atoms. The number of urea groups is 1. The monoisotopic (exact) mass is 497 g/mol. The Morgan fingerprint density at radius 1 is 1.03 bits per heavy atom. The molecule has 1 saturated heterocycles. The third-order valence-corrected chi connectivity index (χ3v) is 6.27. The van der Waals surface area contributed by atoms with Crippen molar-refractivity contribution in [2.75, 3.05) is 36.4 Å². The summed E-state index contributed by atoms with van der Waals surface area (Å²) in [6.07, 6.45) is 3.84. The van der Waals surface area contributed by atoms with Crippen molar-refractivity contribution in [1.29, 1.82) is 0 Å². The molecule has 0 bridgehead atoms. The first-order valence-electron chi connectivity index (χ1n) is 12.2. The minimum Gasteiger partial charge on any atom is -0.314 e. The van der Waals surface area contributed by atoms with Gasteiger partial charge in [-0.1, -0.05) is 30.3 Å². The van der Waals surface area contributed by atoms with E-state index in [0.717, 1.165) is 24.2 Å². The molecule has 0 radical (unpaired) electrons. The number of benzene rings is 2. The minimum absolute atomic E-state index is 0.229. The summed E-state index contributed by atoms with van der Waals surface area (Å²) < 4.78 is 15.0. The van der Waals surface area contributed by atoms with Crippen molar-refractivity contribution in [1.82, 2.24) is 25.2 Å². The van der Waals surface area contributed by atoms with Crippen molar-refractivity contribution in [3.63, 3.8) is 0 Å². The van der Waals surface area contributed by atoms with E-state index in [9.17, 15) is 9.18 Å². The molecule has 2 aromatic heterocycles. The second kappa shape index (κ2) is 11.2. The topological polar surface area (TPSA) is 86.3 Å². The van der Waals surface area contributed by atoms with Gasteiger partial charge in [0.2, 0.25) is 5.95 Å². The summed E-state index contributed by atoms with van der Waals surface area (Å²) in [7, 11) is 0. The number of carbonyl (C=O) groups is 1. The minimum atomic E-state index is -1.18. The molecule has 2 amide bonds. The highest BCUT2D eigenvalue weighted by molar-refractivity contribution is 6.06. The predicted octanol–water partition coefficient (Wildman–Crippen LogP) is 5.09. The quantitative estimate of drug-likeness (QED) is 0.361. The average Bonchev–Trinajstić information content (AvgIpc) is 2.95. The van der Waals surface area contributed by atoms with Crippen LogP contribution >= 0.6 is 0 Å². The van der Waals surface area contributed by atoms with Crippen molar-refractivity contribution < 1.29 is 9.18 Å². The summed E-state index contributed by atoms with van der Waals surface area (Å²) in [5.41, 5.74) is 4.11. The van der Waals surface area contributed by atoms with Crippen LogP contribution in [0.1, 0.15) is 17.4 Å². The van der Waals surface area contributed by atoms with Crippen LogP contribution in [0, 0.1) is 6.92 Å². The number of para-hydroxylation sites is 1. The number of nitrogens with one attached hydrogen (secondary N) is 2. The SMILES string of the molecule is Cc1ccccc1N(C(=O)Nc1ccc(C(F)N2CCNCC2)cc1)c1nccc(-c2cccnc2)n1. The fourth-order valence-corrected chi connectivity index (χ4v) is 4.28. The predicted molar refractivity (Wildman–Crippen MR) is 142 cm³/mol. The molecule has 4 aromatic rings. The van der Waals surface area contributed by atoms with Gasteiger partial charge in [-0.25, -0.2) is 24.1 Å². The summed E-state index contributed by atoms with van der Waals surface area (Å²) in [6, 6.07) is 19.5.